The SMILES string of the molecule is CCc1nc(Cl)c(C)c(SCc2ccccc2C)n1. The molecule has 0 atom stereocenters. The van der Waals surface area contributed by atoms with Gasteiger partial charge in [0, 0.05) is 17.7 Å². The largest absolute Gasteiger partial charge is 0.226 e. The number of nitrogens with zero attached hydrogens (tertiary/aromatic N) is 2. The second-order valence-electron chi connectivity index (χ2n) is 4.43. The normalized spacial score (nSPS) is 10.7. The molecule has 0 bridgehead atoms. The number of hydrogen-bond acceptors (Lipinski definition) is 3. The summed E-state index contributed by atoms with van der Waals surface area (Å²) in [6.07, 6.45) is 0.803. The quantitative estimate of drug-likeness (QED) is 0.608. The zero-order chi connectivity index (χ0) is 13.8. The lowest BCUT2D eigenvalue weighted by atomic mass is 10.1. The molecule has 19 heavy (non-hydrogen) atoms. The first-order chi connectivity index (χ1) is 9.11. The fourth-order valence-corrected chi connectivity index (χ4v) is 3.07. The average Bonchev–Trinajstić information content (AvgIpc) is 2.42. The Labute approximate surface area is 123 Å². The summed E-state index contributed by atoms with van der Waals surface area (Å²) in [5, 5.41) is 1.55. The van der Waals surface area contributed by atoms with Gasteiger partial charge in [-0.05, 0) is 25.0 Å². The lowest BCUT2D eigenvalue weighted by Crippen LogP contribution is -1.99. The number of rotatable bonds is 4. The average molecular weight is 293 g/mol. The van der Waals surface area contributed by atoms with Crippen LogP contribution in [0.25, 0.3) is 0 Å². The van der Waals surface area contributed by atoms with E-state index in [1.54, 1.807) is 11.8 Å². The van der Waals surface area contributed by atoms with Crippen molar-refractivity contribution in [2.75, 3.05) is 0 Å². The maximum atomic E-state index is 6.15. The van der Waals surface area contributed by atoms with Gasteiger partial charge in [0.2, 0.25) is 0 Å². The lowest BCUT2D eigenvalue weighted by molar-refractivity contribution is 0.871. The predicted octanol–water partition coefficient (Wildman–Crippen LogP) is 4.60. The molecule has 0 aliphatic carbocycles. The number of benzene rings is 1. The van der Waals surface area contributed by atoms with Crippen LogP contribution in [0.15, 0.2) is 29.3 Å². The molecular formula is C15H17ClN2S. The molecule has 0 saturated carbocycles. The molecule has 100 valence electrons. The first-order valence-corrected chi connectivity index (χ1v) is 7.68. The minimum atomic E-state index is 0.569. The van der Waals surface area contributed by atoms with E-state index in [0.717, 1.165) is 28.6 Å². The molecule has 1 aromatic heterocycles. The van der Waals surface area contributed by atoms with E-state index in [9.17, 15) is 0 Å². The summed E-state index contributed by atoms with van der Waals surface area (Å²) >= 11 is 7.87. The van der Waals surface area contributed by atoms with Crippen molar-refractivity contribution in [1.82, 2.24) is 9.97 Å². The Morgan fingerprint density at radius 2 is 1.89 bits per heavy atom. The topological polar surface area (TPSA) is 25.8 Å². The third kappa shape index (κ3) is 3.48. The molecule has 0 N–H and O–H groups in total. The predicted molar refractivity (Wildman–Crippen MR) is 81.9 cm³/mol. The summed E-state index contributed by atoms with van der Waals surface area (Å²) in [4.78, 5) is 8.83. The fraction of sp³-hybridized carbons (Fsp3) is 0.333. The number of aromatic nitrogens is 2. The van der Waals surface area contributed by atoms with E-state index >= 15 is 0 Å². The van der Waals surface area contributed by atoms with Gasteiger partial charge in [0.05, 0.1) is 0 Å². The van der Waals surface area contributed by atoms with Crippen LogP contribution in [0.1, 0.15) is 29.4 Å². The molecular weight excluding hydrogens is 276 g/mol. The summed E-state index contributed by atoms with van der Waals surface area (Å²) in [7, 11) is 0. The second kappa shape index (κ2) is 6.40. The van der Waals surface area contributed by atoms with Crippen molar-refractivity contribution in [3.05, 3.63) is 51.9 Å². The molecule has 0 fully saturated rings. The maximum Gasteiger partial charge on any atom is 0.136 e. The van der Waals surface area contributed by atoms with Crippen LogP contribution in [0.5, 0.6) is 0 Å². The minimum absolute atomic E-state index is 0.569. The highest BCUT2D eigenvalue weighted by atomic mass is 35.5. The molecule has 1 heterocycles. The molecule has 1 aromatic carbocycles. The molecule has 0 saturated heterocycles. The van der Waals surface area contributed by atoms with Crippen LogP contribution in [-0.4, -0.2) is 9.97 Å². The maximum absolute atomic E-state index is 6.15. The van der Waals surface area contributed by atoms with E-state index in [-0.39, 0.29) is 0 Å². The van der Waals surface area contributed by atoms with Crippen LogP contribution in [0, 0.1) is 13.8 Å². The fourth-order valence-electron chi connectivity index (χ4n) is 1.73. The lowest BCUT2D eigenvalue weighted by Gasteiger charge is -2.09. The number of hydrogen-bond donors (Lipinski definition) is 0. The smallest absolute Gasteiger partial charge is 0.136 e. The Morgan fingerprint density at radius 1 is 1.16 bits per heavy atom. The Kier molecular flexibility index (Phi) is 4.83. The van der Waals surface area contributed by atoms with Gasteiger partial charge in [0.25, 0.3) is 0 Å². The van der Waals surface area contributed by atoms with Crippen LogP contribution in [0.2, 0.25) is 5.15 Å². The van der Waals surface area contributed by atoms with Crippen molar-refractivity contribution in [3.8, 4) is 0 Å². The van der Waals surface area contributed by atoms with Crippen molar-refractivity contribution >= 4 is 23.4 Å². The monoisotopic (exact) mass is 292 g/mol. The van der Waals surface area contributed by atoms with Gasteiger partial charge >= 0.3 is 0 Å². The highest BCUT2D eigenvalue weighted by Gasteiger charge is 2.09. The highest BCUT2D eigenvalue weighted by Crippen LogP contribution is 2.28. The van der Waals surface area contributed by atoms with Gasteiger partial charge in [-0.15, -0.1) is 11.8 Å². The van der Waals surface area contributed by atoms with E-state index in [4.69, 9.17) is 11.6 Å². The zero-order valence-electron chi connectivity index (χ0n) is 11.4. The molecule has 0 aliphatic heterocycles. The van der Waals surface area contributed by atoms with Gasteiger partial charge in [-0.3, -0.25) is 0 Å². The van der Waals surface area contributed by atoms with Crippen LogP contribution >= 0.6 is 23.4 Å². The van der Waals surface area contributed by atoms with Gasteiger partial charge in [-0.2, -0.15) is 0 Å². The standard InChI is InChI=1S/C15H17ClN2S/c1-4-13-17-14(16)11(3)15(18-13)19-9-12-8-6-5-7-10(12)2/h5-8H,4,9H2,1-3H3. The van der Waals surface area contributed by atoms with Crippen molar-refractivity contribution in [3.63, 3.8) is 0 Å². The van der Waals surface area contributed by atoms with Crippen LogP contribution in [-0.2, 0) is 12.2 Å². The van der Waals surface area contributed by atoms with Gasteiger partial charge < -0.3 is 0 Å². The summed E-state index contributed by atoms with van der Waals surface area (Å²) in [5.74, 6) is 1.71. The first-order valence-electron chi connectivity index (χ1n) is 6.32. The highest BCUT2D eigenvalue weighted by molar-refractivity contribution is 7.98. The van der Waals surface area contributed by atoms with E-state index in [1.165, 1.54) is 11.1 Å². The summed E-state index contributed by atoms with van der Waals surface area (Å²) < 4.78 is 0. The van der Waals surface area contributed by atoms with E-state index < -0.39 is 0 Å². The van der Waals surface area contributed by atoms with E-state index in [2.05, 4.69) is 41.2 Å². The first kappa shape index (κ1) is 14.4. The molecule has 0 amide bonds. The van der Waals surface area contributed by atoms with E-state index in [1.807, 2.05) is 13.8 Å². The molecule has 2 aromatic rings. The molecule has 0 spiro atoms. The molecule has 2 nitrogen and oxygen atoms in total. The molecule has 4 heteroatoms. The number of aryl methyl sites for hydroxylation is 2. The van der Waals surface area contributed by atoms with Crippen molar-refractivity contribution < 1.29 is 0 Å². The summed E-state index contributed by atoms with van der Waals surface area (Å²) in [6.45, 7) is 6.14. The zero-order valence-corrected chi connectivity index (χ0v) is 13.0. The number of halogens is 1. The van der Waals surface area contributed by atoms with Crippen molar-refractivity contribution in [2.24, 2.45) is 0 Å². The van der Waals surface area contributed by atoms with Crippen molar-refractivity contribution in [2.45, 2.75) is 38.0 Å². The molecule has 0 unspecified atom stereocenters. The van der Waals surface area contributed by atoms with Crippen LogP contribution in [0.3, 0.4) is 0 Å². The van der Waals surface area contributed by atoms with Gasteiger partial charge in [0.1, 0.15) is 16.0 Å². The Hall–Kier alpha value is -1.06. The molecule has 0 aliphatic rings. The van der Waals surface area contributed by atoms with E-state index in [0.29, 0.717) is 5.15 Å². The second-order valence-corrected chi connectivity index (χ2v) is 5.75. The van der Waals surface area contributed by atoms with Crippen LogP contribution in [0.4, 0.5) is 0 Å². The molecule has 2 rings (SSSR count). The Bertz CT molecular complexity index is 584. The van der Waals surface area contributed by atoms with Gasteiger partial charge in [0.15, 0.2) is 0 Å². The minimum Gasteiger partial charge on any atom is -0.226 e. The van der Waals surface area contributed by atoms with Gasteiger partial charge in [-0.25, -0.2) is 9.97 Å². The Morgan fingerprint density at radius 3 is 2.58 bits per heavy atom. The number of thioether (sulfide) groups is 1. The third-order valence-electron chi connectivity index (χ3n) is 3.03. The Balaban J connectivity index is 2.20. The van der Waals surface area contributed by atoms with Crippen LogP contribution < -0.4 is 0 Å². The van der Waals surface area contributed by atoms with Gasteiger partial charge in [-0.1, -0.05) is 42.8 Å². The summed E-state index contributed by atoms with van der Waals surface area (Å²) in [5.41, 5.74) is 3.61. The third-order valence-corrected chi connectivity index (χ3v) is 4.52. The van der Waals surface area contributed by atoms with Crippen molar-refractivity contribution in [1.29, 1.82) is 0 Å². The molecule has 0 radical (unpaired) electrons. The summed E-state index contributed by atoms with van der Waals surface area (Å²) in [6, 6.07) is 8.42.